The van der Waals surface area contributed by atoms with Crippen molar-refractivity contribution in [2.45, 2.75) is 70.6 Å². The van der Waals surface area contributed by atoms with E-state index in [1.54, 1.807) is 13.2 Å². The molecule has 0 amide bonds. The van der Waals surface area contributed by atoms with Crippen LogP contribution >= 0.6 is 11.6 Å². The number of aromatic nitrogens is 2. The Morgan fingerprint density at radius 2 is 1.79 bits per heavy atom. The molecule has 0 bridgehead atoms. The average molecular weight is 560 g/mol. The number of aliphatic hydroxyl groups excluding tert-OH is 1. The number of halogens is 1. The summed E-state index contributed by atoms with van der Waals surface area (Å²) in [6.45, 7) is 4.11. The van der Waals surface area contributed by atoms with Gasteiger partial charge in [0.25, 0.3) is 12.9 Å². The van der Waals surface area contributed by atoms with Gasteiger partial charge in [-0.15, -0.1) is 0 Å². The summed E-state index contributed by atoms with van der Waals surface area (Å²) in [6.07, 6.45) is 5.99. The van der Waals surface area contributed by atoms with Gasteiger partial charge in [-0.1, -0.05) is 37.4 Å². The van der Waals surface area contributed by atoms with Crippen LogP contribution in [0.4, 0.5) is 5.69 Å². The number of aryl methyl sites for hydroxylation is 1. The number of carboxylic acid groups (broad SMARTS) is 2. The highest BCUT2D eigenvalue weighted by atomic mass is 35.5. The van der Waals surface area contributed by atoms with Gasteiger partial charge in [0.15, 0.2) is 0 Å². The van der Waals surface area contributed by atoms with E-state index >= 15 is 0 Å². The Morgan fingerprint density at radius 3 is 2.41 bits per heavy atom. The predicted molar refractivity (Wildman–Crippen MR) is 152 cm³/mol. The first kappa shape index (κ1) is 30.2. The molecule has 212 valence electrons. The first-order valence-corrected chi connectivity index (χ1v) is 13.5. The lowest BCUT2D eigenvalue weighted by atomic mass is 9.86. The zero-order valence-electron chi connectivity index (χ0n) is 22.9. The standard InChI is InChI=1S/C27H34ClN3O2.2CH2O2/c1-16-6-5-7-19(14-16)31-23-12-11-22-20(10-8-17(2)30(22)3)25(23)29-27(31)26(32)18-9-13-24(33-4)21(28)15-18;2*2-1-3/h9,11-13,15-17,19,26,32H,5-8,10,14H2,1-4H3;2*1H,(H,2,3). The van der Waals surface area contributed by atoms with Crippen LogP contribution in [-0.4, -0.2) is 58.0 Å². The molecule has 2 heterocycles. The molecule has 5 rings (SSSR count). The van der Waals surface area contributed by atoms with Crippen molar-refractivity contribution < 1.29 is 29.6 Å². The molecule has 1 aromatic heterocycles. The van der Waals surface area contributed by atoms with Crippen LogP contribution in [0.15, 0.2) is 30.3 Å². The number of methoxy groups -OCH3 is 1. The summed E-state index contributed by atoms with van der Waals surface area (Å²) in [5.41, 5.74) is 5.48. The zero-order valence-corrected chi connectivity index (χ0v) is 23.6. The van der Waals surface area contributed by atoms with Gasteiger partial charge in [-0.2, -0.15) is 0 Å². The maximum atomic E-state index is 11.6. The van der Waals surface area contributed by atoms with Crippen molar-refractivity contribution in [2.75, 3.05) is 19.1 Å². The van der Waals surface area contributed by atoms with Gasteiger partial charge >= 0.3 is 0 Å². The topological polar surface area (TPSA) is 125 Å². The summed E-state index contributed by atoms with van der Waals surface area (Å²) in [5, 5.41) is 25.8. The lowest BCUT2D eigenvalue weighted by Crippen LogP contribution is -2.33. The quantitative estimate of drug-likeness (QED) is 0.347. The fourth-order valence-electron chi connectivity index (χ4n) is 5.80. The fraction of sp³-hybridized carbons (Fsp3) is 0.483. The number of hydrogen-bond acceptors (Lipinski definition) is 6. The van der Waals surface area contributed by atoms with Crippen molar-refractivity contribution in [2.24, 2.45) is 5.92 Å². The SMILES string of the molecule is COc1ccc(C(O)c2nc3c4c(ccc3n2C2CCCC(C)C2)N(C)C(C)CC4)cc1Cl.O=CO.O=CO. The van der Waals surface area contributed by atoms with Crippen LogP contribution in [-0.2, 0) is 16.0 Å². The van der Waals surface area contributed by atoms with Crippen LogP contribution in [0, 0.1) is 5.92 Å². The van der Waals surface area contributed by atoms with Crippen LogP contribution in [0.2, 0.25) is 5.02 Å². The van der Waals surface area contributed by atoms with Crippen molar-refractivity contribution in [3.05, 3.63) is 52.3 Å². The highest BCUT2D eigenvalue weighted by molar-refractivity contribution is 6.32. The Hall–Kier alpha value is -3.30. The summed E-state index contributed by atoms with van der Waals surface area (Å²) in [6, 6.07) is 10.8. The minimum Gasteiger partial charge on any atom is -0.495 e. The number of aliphatic hydroxyl groups is 1. The maximum absolute atomic E-state index is 11.6. The molecule has 10 heteroatoms. The predicted octanol–water partition coefficient (Wildman–Crippen LogP) is 5.70. The van der Waals surface area contributed by atoms with Gasteiger partial charge < -0.3 is 29.5 Å². The van der Waals surface area contributed by atoms with Gasteiger partial charge in [0.2, 0.25) is 0 Å². The number of ether oxygens (including phenoxy) is 1. The molecule has 3 aromatic rings. The second-order valence-electron chi connectivity index (χ2n) is 10.2. The molecule has 39 heavy (non-hydrogen) atoms. The Balaban J connectivity index is 0.000000643. The number of fused-ring (bicyclic) bond motifs is 3. The van der Waals surface area contributed by atoms with E-state index in [1.807, 2.05) is 12.1 Å². The van der Waals surface area contributed by atoms with Crippen molar-refractivity contribution in [1.29, 1.82) is 0 Å². The monoisotopic (exact) mass is 559 g/mol. The summed E-state index contributed by atoms with van der Waals surface area (Å²) in [4.78, 5) is 24.2. The Morgan fingerprint density at radius 1 is 1.10 bits per heavy atom. The third-order valence-electron chi connectivity index (χ3n) is 7.83. The van der Waals surface area contributed by atoms with Crippen LogP contribution < -0.4 is 9.64 Å². The lowest BCUT2D eigenvalue weighted by molar-refractivity contribution is -0.123. The number of rotatable bonds is 4. The molecule has 2 aliphatic rings. The molecule has 0 radical (unpaired) electrons. The molecule has 9 nitrogen and oxygen atoms in total. The van der Waals surface area contributed by atoms with Crippen LogP contribution in [0.5, 0.6) is 5.75 Å². The van der Waals surface area contributed by atoms with E-state index in [9.17, 15) is 5.11 Å². The number of carbonyl (C=O) groups is 2. The second-order valence-corrected chi connectivity index (χ2v) is 10.6. The molecule has 0 saturated heterocycles. The molecule has 1 aliphatic carbocycles. The number of nitrogens with zero attached hydrogens (tertiary/aromatic N) is 3. The summed E-state index contributed by atoms with van der Waals surface area (Å²) in [5.74, 6) is 2.00. The maximum Gasteiger partial charge on any atom is 0.290 e. The first-order chi connectivity index (χ1) is 18.7. The smallest absolute Gasteiger partial charge is 0.290 e. The molecular weight excluding hydrogens is 522 g/mol. The fourth-order valence-corrected chi connectivity index (χ4v) is 6.07. The van der Waals surface area contributed by atoms with Gasteiger partial charge in [0.05, 0.1) is 23.2 Å². The number of hydrogen-bond donors (Lipinski definition) is 3. The molecular formula is C29H38ClN3O6. The highest BCUT2D eigenvalue weighted by Crippen LogP contribution is 2.42. The lowest BCUT2D eigenvalue weighted by Gasteiger charge is -2.34. The van der Waals surface area contributed by atoms with E-state index in [0.29, 0.717) is 28.8 Å². The molecule has 3 N–H and O–H groups in total. The summed E-state index contributed by atoms with van der Waals surface area (Å²) >= 11 is 6.40. The largest absolute Gasteiger partial charge is 0.495 e. The van der Waals surface area contributed by atoms with Gasteiger partial charge in [0.1, 0.15) is 17.7 Å². The van der Waals surface area contributed by atoms with Crippen molar-refractivity contribution in [1.82, 2.24) is 9.55 Å². The third-order valence-corrected chi connectivity index (χ3v) is 8.13. The van der Waals surface area contributed by atoms with Gasteiger partial charge in [-0.3, -0.25) is 9.59 Å². The Bertz CT molecular complexity index is 1270. The Kier molecular flexibility index (Phi) is 10.6. The van der Waals surface area contributed by atoms with Gasteiger partial charge in [-0.05, 0) is 68.4 Å². The molecule has 0 spiro atoms. The van der Waals surface area contributed by atoms with Gasteiger partial charge in [-0.25, -0.2) is 4.98 Å². The summed E-state index contributed by atoms with van der Waals surface area (Å²) in [7, 11) is 3.77. The van der Waals surface area contributed by atoms with E-state index < -0.39 is 6.10 Å². The van der Waals surface area contributed by atoms with Crippen molar-refractivity contribution in [3.63, 3.8) is 0 Å². The normalized spacial score (nSPS) is 21.0. The molecule has 1 saturated carbocycles. The van der Waals surface area contributed by atoms with E-state index in [2.05, 4.69) is 42.5 Å². The van der Waals surface area contributed by atoms with E-state index in [1.165, 1.54) is 24.1 Å². The van der Waals surface area contributed by atoms with E-state index in [0.717, 1.165) is 48.1 Å². The van der Waals surface area contributed by atoms with Crippen molar-refractivity contribution >= 4 is 41.3 Å². The van der Waals surface area contributed by atoms with Crippen LogP contribution in [0.1, 0.15) is 75.0 Å². The minimum atomic E-state index is -0.853. The number of imidazole rings is 1. The average Bonchev–Trinajstić information content (AvgIpc) is 3.31. The molecule has 4 atom stereocenters. The minimum absolute atomic E-state index is 0.250. The first-order valence-electron chi connectivity index (χ1n) is 13.2. The van der Waals surface area contributed by atoms with E-state index in [4.69, 9.17) is 41.1 Å². The molecule has 2 aromatic carbocycles. The van der Waals surface area contributed by atoms with Crippen molar-refractivity contribution in [3.8, 4) is 5.75 Å². The summed E-state index contributed by atoms with van der Waals surface area (Å²) < 4.78 is 7.65. The van der Waals surface area contributed by atoms with Crippen LogP contribution in [0.25, 0.3) is 11.0 Å². The Labute approximate surface area is 234 Å². The third kappa shape index (κ3) is 6.47. The molecule has 4 unspecified atom stereocenters. The van der Waals surface area contributed by atoms with Gasteiger partial charge in [0, 0.05) is 30.4 Å². The number of benzene rings is 2. The second kappa shape index (κ2) is 13.7. The highest BCUT2D eigenvalue weighted by Gasteiger charge is 2.31. The zero-order chi connectivity index (χ0) is 28.7. The van der Waals surface area contributed by atoms with E-state index in [-0.39, 0.29) is 12.9 Å². The molecule has 1 aliphatic heterocycles. The molecule has 1 fully saturated rings. The number of anilines is 1. The van der Waals surface area contributed by atoms with Crippen LogP contribution in [0.3, 0.4) is 0 Å².